The summed E-state index contributed by atoms with van der Waals surface area (Å²) in [5.74, 6) is 1.44. The molecule has 3 aromatic rings. The van der Waals surface area contributed by atoms with Crippen LogP contribution in [-0.4, -0.2) is 27.2 Å². The van der Waals surface area contributed by atoms with Crippen LogP contribution >= 0.6 is 0 Å². The van der Waals surface area contributed by atoms with Crippen LogP contribution < -0.4 is 10.5 Å². The molecule has 2 heterocycles. The zero-order valence-corrected chi connectivity index (χ0v) is 13.2. The number of nitrogens with two attached hydrogens (primary N) is 1. The first-order valence-corrected chi connectivity index (χ1v) is 7.79. The number of hydrogen-bond acceptors (Lipinski definition) is 7. The topological polar surface area (TPSA) is 100.0 Å². The van der Waals surface area contributed by atoms with Crippen molar-refractivity contribution in [3.8, 4) is 17.4 Å². The van der Waals surface area contributed by atoms with Crippen molar-refractivity contribution in [2.45, 2.75) is 24.8 Å². The van der Waals surface area contributed by atoms with Crippen molar-refractivity contribution in [3.63, 3.8) is 0 Å². The summed E-state index contributed by atoms with van der Waals surface area (Å²) in [4.78, 5) is 12.5. The third kappa shape index (κ3) is 2.52. The van der Waals surface area contributed by atoms with Crippen LogP contribution in [0, 0.1) is 0 Å². The fraction of sp³-hybridized carbons (Fsp3) is 0.294. The van der Waals surface area contributed by atoms with E-state index in [0.717, 1.165) is 12.8 Å². The van der Waals surface area contributed by atoms with E-state index >= 15 is 0 Å². The number of aryl methyl sites for hydroxylation is 1. The predicted octanol–water partition coefficient (Wildman–Crippen LogP) is 2.27. The number of rotatable bonds is 4. The first-order valence-electron chi connectivity index (χ1n) is 7.79. The van der Waals surface area contributed by atoms with E-state index in [1.165, 1.54) is 17.5 Å². The molecule has 4 rings (SSSR count). The average molecular weight is 323 g/mol. The van der Waals surface area contributed by atoms with Crippen molar-refractivity contribution in [2.24, 2.45) is 5.73 Å². The van der Waals surface area contributed by atoms with Crippen LogP contribution in [-0.2, 0) is 6.42 Å². The van der Waals surface area contributed by atoms with Gasteiger partial charge < -0.3 is 15.0 Å². The van der Waals surface area contributed by atoms with Gasteiger partial charge >= 0.3 is 0 Å². The molecule has 0 radical (unpaired) electrons. The molecule has 2 N–H and O–H groups in total. The maximum atomic E-state index is 6.41. The van der Waals surface area contributed by atoms with E-state index in [0.29, 0.717) is 23.3 Å². The Morgan fingerprint density at radius 3 is 3.04 bits per heavy atom. The lowest BCUT2D eigenvalue weighted by Gasteiger charge is -2.16. The van der Waals surface area contributed by atoms with Crippen LogP contribution in [0.25, 0.3) is 11.5 Å². The van der Waals surface area contributed by atoms with E-state index < -0.39 is 0 Å². The summed E-state index contributed by atoms with van der Waals surface area (Å²) in [6.07, 6.45) is 3.41. The maximum Gasteiger partial charge on any atom is 0.244 e. The van der Waals surface area contributed by atoms with Crippen molar-refractivity contribution in [1.82, 2.24) is 20.1 Å². The predicted molar refractivity (Wildman–Crippen MR) is 86.3 cm³/mol. The molecule has 0 spiro atoms. The zero-order valence-electron chi connectivity index (χ0n) is 13.2. The standard InChI is InChI=1S/C17H17N5O2/c1-23-14-8-13(19-9-20-14)16-21-17(24-22-16)15(18)12-7-6-10-4-2-3-5-11(10)12/h2-5,8-9,12,15H,6-7,18H2,1H3. The molecule has 0 saturated heterocycles. The Morgan fingerprint density at radius 2 is 2.17 bits per heavy atom. The largest absolute Gasteiger partial charge is 0.481 e. The molecule has 0 fully saturated rings. The molecule has 0 saturated carbocycles. The van der Waals surface area contributed by atoms with E-state index in [1.807, 2.05) is 6.07 Å². The van der Waals surface area contributed by atoms with Gasteiger partial charge in [-0.25, -0.2) is 9.97 Å². The Balaban J connectivity index is 1.61. The van der Waals surface area contributed by atoms with Gasteiger partial charge in [0.1, 0.15) is 12.0 Å². The summed E-state index contributed by atoms with van der Waals surface area (Å²) in [5, 5.41) is 4.00. The third-order valence-electron chi connectivity index (χ3n) is 4.42. The molecule has 122 valence electrons. The molecule has 1 aliphatic carbocycles. The van der Waals surface area contributed by atoms with Crippen LogP contribution in [0.1, 0.15) is 35.4 Å². The van der Waals surface area contributed by atoms with E-state index in [2.05, 4.69) is 38.3 Å². The molecule has 7 nitrogen and oxygen atoms in total. The Kier molecular flexibility index (Phi) is 3.70. The van der Waals surface area contributed by atoms with Crippen LogP contribution in [0.4, 0.5) is 0 Å². The Labute approximate surface area is 138 Å². The van der Waals surface area contributed by atoms with Gasteiger partial charge in [-0.05, 0) is 24.0 Å². The fourth-order valence-corrected chi connectivity index (χ4v) is 3.18. The minimum atomic E-state index is -0.335. The number of methoxy groups -OCH3 is 1. The first-order chi connectivity index (χ1) is 11.8. The summed E-state index contributed by atoms with van der Waals surface area (Å²) in [5.41, 5.74) is 9.56. The molecule has 7 heteroatoms. The molecule has 24 heavy (non-hydrogen) atoms. The maximum absolute atomic E-state index is 6.41. The molecular weight excluding hydrogens is 306 g/mol. The highest BCUT2D eigenvalue weighted by atomic mass is 16.5. The van der Waals surface area contributed by atoms with E-state index in [-0.39, 0.29) is 12.0 Å². The summed E-state index contributed by atoms with van der Waals surface area (Å²) >= 11 is 0. The second-order valence-corrected chi connectivity index (χ2v) is 5.77. The lowest BCUT2D eigenvalue weighted by Crippen LogP contribution is -2.18. The monoisotopic (exact) mass is 323 g/mol. The minimum absolute atomic E-state index is 0.189. The molecular formula is C17H17N5O2. The smallest absolute Gasteiger partial charge is 0.244 e. The van der Waals surface area contributed by atoms with Crippen molar-refractivity contribution >= 4 is 0 Å². The lowest BCUT2D eigenvalue weighted by atomic mass is 9.94. The van der Waals surface area contributed by atoms with Crippen LogP contribution in [0.5, 0.6) is 5.88 Å². The number of benzene rings is 1. The molecule has 2 atom stereocenters. The highest BCUT2D eigenvalue weighted by Gasteiger charge is 2.31. The van der Waals surface area contributed by atoms with Gasteiger partial charge in [-0.1, -0.05) is 29.4 Å². The normalized spacial score (nSPS) is 17.5. The Hall–Kier alpha value is -2.80. The Morgan fingerprint density at radius 1 is 1.29 bits per heavy atom. The SMILES string of the molecule is COc1cc(-c2noc(C(N)C3CCc4ccccc43)n2)ncn1. The van der Waals surface area contributed by atoms with Crippen molar-refractivity contribution in [3.05, 3.63) is 53.7 Å². The van der Waals surface area contributed by atoms with Gasteiger partial charge in [-0.15, -0.1) is 0 Å². The van der Waals surface area contributed by atoms with E-state index in [1.54, 1.807) is 13.2 Å². The average Bonchev–Trinajstić information content (AvgIpc) is 3.28. The van der Waals surface area contributed by atoms with Gasteiger partial charge in [-0.3, -0.25) is 0 Å². The number of ether oxygens (including phenoxy) is 1. The van der Waals surface area contributed by atoms with Gasteiger partial charge in [0.2, 0.25) is 17.6 Å². The fourth-order valence-electron chi connectivity index (χ4n) is 3.18. The molecule has 2 unspecified atom stereocenters. The highest BCUT2D eigenvalue weighted by Crippen LogP contribution is 2.40. The quantitative estimate of drug-likeness (QED) is 0.786. The zero-order chi connectivity index (χ0) is 16.5. The molecule has 0 bridgehead atoms. The van der Waals surface area contributed by atoms with Gasteiger partial charge in [0.05, 0.1) is 13.2 Å². The summed E-state index contributed by atoms with van der Waals surface area (Å²) < 4.78 is 10.5. The van der Waals surface area contributed by atoms with Crippen LogP contribution in [0.15, 0.2) is 41.2 Å². The second-order valence-electron chi connectivity index (χ2n) is 5.77. The second kappa shape index (κ2) is 6.01. The van der Waals surface area contributed by atoms with Crippen molar-refractivity contribution < 1.29 is 9.26 Å². The summed E-state index contributed by atoms with van der Waals surface area (Å²) in [6, 6.07) is 9.69. The Bertz CT molecular complexity index is 863. The third-order valence-corrected chi connectivity index (χ3v) is 4.42. The van der Waals surface area contributed by atoms with Gasteiger partial charge in [0, 0.05) is 12.0 Å². The van der Waals surface area contributed by atoms with Gasteiger partial charge in [0.15, 0.2) is 0 Å². The number of fused-ring (bicyclic) bond motifs is 1. The van der Waals surface area contributed by atoms with Crippen LogP contribution in [0.2, 0.25) is 0 Å². The van der Waals surface area contributed by atoms with Gasteiger partial charge in [0.25, 0.3) is 0 Å². The lowest BCUT2D eigenvalue weighted by molar-refractivity contribution is 0.335. The molecule has 1 aromatic carbocycles. The molecule has 1 aliphatic rings. The van der Waals surface area contributed by atoms with E-state index in [9.17, 15) is 0 Å². The highest BCUT2D eigenvalue weighted by molar-refractivity contribution is 5.49. The van der Waals surface area contributed by atoms with Crippen molar-refractivity contribution in [2.75, 3.05) is 7.11 Å². The number of aromatic nitrogens is 4. The molecule has 2 aromatic heterocycles. The van der Waals surface area contributed by atoms with Crippen molar-refractivity contribution in [1.29, 1.82) is 0 Å². The molecule has 0 aliphatic heterocycles. The summed E-state index contributed by atoms with van der Waals surface area (Å²) in [6.45, 7) is 0. The van der Waals surface area contributed by atoms with Crippen LogP contribution in [0.3, 0.4) is 0 Å². The minimum Gasteiger partial charge on any atom is -0.481 e. The summed E-state index contributed by atoms with van der Waals surface area (Å²) in [7, 11) is 1.54. The van der Waals surface area contributed by atoms with E-state index in [4.69, 9.17) is 15.0 Å². The molecule has 0 amide bonds. The number of hydrogen-bond donors (Lipinski definition) is 1. The first kappa shape index (κ1) is 14.8. The number of nitrogens with zero attached hydrogens (tertiary/aromatic N) is 4. The van der Waals surface area contributed by atoms with Gasteiger partial charge in [-0.2, -0.15) is 4.98 Å².